The van der Waals surface area contributed by atoms with Crippen molar-refractivity contribution in [3.8, 4) is 0 Å². The summed E-state index contributed by atoms with van der Waals surface area (Å²) in [5, 5.41) is 6.46. The number of nitrogens with zero attached hydrogens (tertiary/aromatic N) is 1. The number of aromatic nitrogens is 1. The van der Waals surface area contributed by atoms with Crippen molar-refractivity contribution < 1.29 is 9.32 Å². The van der Waals surface area contributed by atoms with Gasteiger partial charge in [0.15, 0.2) is 0 Å². The number of benzene rings is 1. The van der Waals surface area contributed by atoms with E-state index in [1.807, 2.05) is 0 Å². The van der Waals surface area contributed by atoms with E-state index < -0.39 is 0 Å². The molecule has 100 valence electrons. The van der Waals surface area contributed by atoms with Crippen LogP contribution in [0.25, 0.3) is 0 Å². The van der Waals surface area contributed by atoms with Crippen molar-refractivity contribution in [3.63, 3.8) is 0 Å². The van der Waals surface area contributed by atoms with Gasteiger partial charge in [-0.25, -0.2) is 0 Å². The van der Waals surface area contributed by atoms with Crippen LogP contribution < -0.4 is 5.32 Å². The van der Waals surface area contributed by atoms with Gasteiger partial charge < -0.3 is 9.84 Å². The molecule has 1 amide bonds. The smallest absolute Gasteiger partial charge is 0.256 e. The van der Waals surface area contributed by atoms with E-state index in [0.29, 0.717) is 17.9 Å². The minimum absolute atomic E-state index is 0.135. The van der Waals surface area contributed by atoms with Crippen LogP contribution in [0.15, 0.2) is 35.0 Å². The third kappa shape index (κ3) is 3.44. The van der Waals surface area contributed by atoms with Crippen molar-refractivity contribution in [1.29, 1.82) is 0 Å². The predicted octanol–water partition coefficient (Wildman–Crippen LogP) is 2.52. The molecule has 1 heterocycles. The molecule has 4 nitrogen and oxygen atoms in total. The van der Waals surface area contributed by atoms with Gasteiger partial charge in [0.2, 0.25) is 0 Å². The summed E-state index contributed by atoms with van der Waals surface area (Å²) in [6, 6.07) is 8.47. The monoisotopic (exact) mass is 258 g/mol. The molecular weight excluding hydrogens is 240 g/mol. The van der Waals surface area contributed by atoms with Gasteiger partial charge in [0.05, 0.1) is 6.20 Å². The highest BCUT2D eigenvalue weighted by Crippen LogP contribution is 2.07. The Hall–Kier alpha value is -2.10. The molecule has 1 aromatic carbocycles. The van der Waals surface area contributed by atoms with Crippen LogP contribution in [-0.4, -0.2) is 17.6 Å². The molecule has 0 spiro atoms. The van der Waals surface area contributed by atoms with Crippen molar-refractivity contribution in [2.75, 3.05) is 6.54 Å². The summed E-state index contributed by atoms with van der Waals surface area (Å²) >= 11 is 0. The Morgan fingerprint density at radius 1 is 1.26 bits per heavy atom. The number of nitrogens with one attached hydrogen (secondary N) is 1. The maximum atomic E-state index is 11.8. The topological polar surface area (TPSA) is 55.1 Å². The summed E-state index contributed by atoms with van der Waals surface area (Å²) in [6.07, 6.45) is 3.31. The third-order valence-corrected chi connectivity index (χ3v) is 3.13. The highest BCUT2D eigenvalue weighted by Gasteiger charge is 2.11. The molecule has 0 unspecified atom stereocenters. The van der Waals surface area contributed by atoms with Crippen molar-refractivity contribution in [1.82, 2.24) is 10.5 Å². The average Bonchev–Trinajstić information content (AvgIpc) is 2.86. The van der Waals surface area contributed by atoms with E-state index in [4.69, 9.17) is 4.52 Å². The van der Waals surface area contributed by atoms with Gasteiger partial charge in [-0.1, -0.05) is 36.3 Å². The maximum Gasteiger partial charge on any atom is 0.256 e. The van der Waals surface area contributed by atoms with Crippen molar-refractivity contribution >= 4 is 5.91 Å². The van der Waals surface area contributed by atoms with Crippen molar-refractivity contribution in [2.45, 2.75) is 26.7 Å². The zero-order valence-electron chi connectivity index (χ0n) is 11.3. The van der Waals surface area contributed by atoms with Gasteiger partial charge in [0.25, 0.3) is 5.91 Å². The number of hydrogen-bond acceptors (Lipinski definition) is 3. The Balaban J connectivity index is 1.83. The van der Waals surface area contributed by atoms with Gasteiger partial charge in [-0.3, -0.25) is 4.79 Å². The van der Waals surface area contributed by atoms with Gasteiger partial charge in [0.1, 0.15) is 11.3 Å². The highest BCUT2D eigenvalue weighted by atomic mass is 16.5. The Bertz CT molecular complexity index is 544. The highest BCUT2D eigenvalue weighted by molar-refractivity contribution is 5.94. The maximum absolute atomic E-state index is 11.8. The number of hydrogen-bond donors (Lipinski definition) is 1. The molecule has 1 N–H and O–H groups in total. The summed E-state index contributed by atoms with van der Waals surface area (Å²) in [5.74, 6) is 0.411. The zero-order chi connectivity index (χ0) is 13.7. The quantitative estimate of drug-likeness (QED) is 0.896. The number of rotatable bonds is 5. The van der Waals surface area contributed by atoms with Crippen LogP contribution in [0.1, 0.15) is 34.2 Å². The normalized spacial score (nSPS) is 10.4. The minimum Gasteiger partial charge on any atom is -0.361 e. The van der Waals surface area contributed by atoms with Gasteiger partial charge in [-0.05, 0) is 30.9 Å². The number of carbonyl (C=O) groups excluding carboxylic acids is 1. The predicted molar refractivity (Wildman–Crippen MR) is 73.1 cm³/mol. The summed E-state index contributed by atoms with van der Waals surface area (Å²) in [7, 11) is 0. The van der Waals surface area contributed by atoms with E-state index in [9.17, 15) is 4.79 Å². The Morgan fingerprint density at radius 3 is 2.53 bits per heavy atom. The van der Waals surface area contributed by atoms with Crippen LogP contribution in [0.4, 0.5) is 0 Å². The molecule has 19 heavy (non-hydrogen) atoms. The van der Waals surface area contributed by atoms with E-state index in [0.717, 1.165) is 12.8 Å². The standard InChI is InChI=1S/C15H18N2O2/c1-3-12-4-6-13(7-5-12)8-9-16-15(18)14-10-17-19-11(14)2/h4-7,10H,3,8-9H2,1-2H3,(H,16,18). The first-order chi connectivity index (χ1) is 9.20. The Labute approximate surface area is 112 Å². The van der Waals surface area contributed by atoms with Crippen LogP contribution in [0.3, 0.4) is 0 Å². The number of carbonyl (C=O) groups is 1. The lowest BCUT2D eigenvalue weighted by molar-refractivity contribution is 0.0952. The first-order valence-corrected chi connectivity index (χ1v) is 6.48. The van der Waals surface area contributed by atoms with Gasteiger partial charge in [-0.2, -0.15) is 0 Å². The van der Waals surface area contributed by atoms with Gasteiger partial charge in [-0.15, -0.1) is 0 Å². The molecule has 0 aliphatic rings. The molecule has 0 aliphatic heterocycles. The molecule has 1 aromatic heterocycles. The van der Waals surface area contributed by atoms with Crippen molar-refractivity contribution in [2.24, 2.45) is 0 Å². The number of aryl methyl sites for hydroxylation is 2. The van der Waals surface area contributed by atoms with E-state index in [1.165, 1.54) is 17.3 Å². The van der Waals surface area contributed by atoms with Crippen LogP contribution >= 0.6 is 0 Å². The summed E-state index contributed by atoms with van der Waals surface area (Å²) in [5.41, 5.74) is 3.05. The number of amides is 1. The molecule has 0 saturated carbocycles. The fourth-order valence-electron chi connectivity index (χ4n) is 1.87. The lowest BCUT2D eigenvalue weighted by Gasteiger charge is -2.05. The van der Waals surface area contributed by atoms with E-state index in [-0.39, 0.29) is 5.91 Å². The lowest BCUT2D eigenvalue weighted by atomic mass is 10.1. The molecular formula is C15H18N2O2. The van der Waals surface area contributed by atoms with Crippen molar-refractivity contribution in [3.05, 3.63) is 52.9 Å². The third-order valence-electron chi connectivity index (χ3n) is 3.13. The molecule has 4 heteroatoms. The SMILES string of the molecule is CCc1ccc(CCNC(=O)c2cnoc2C)cc1. The molecule has 0 aliphatic carbocycles. The largest absolute Gasteiger partial charge is 0.361 e. The van der Waals surface area contributed by atoms with E-state index >= 15 is 0 Å². The minimum atomic E-state index is -0.135. The first kappa shape index (κ1) is 13.3. The van der Waals surface area contributed by atoms with Crippen LogP contribution in [-0.2, 0) is 12.8 Å². The molecule has 0 bridgehead atoms. The molecule has 2 rings (SSSR count). The lowest BCUT2D eigenvalue weighted by Crippen LogP contribution is -2.25. The first-order valence-electron chi connectivity index (χ1n) is 6.48. The molecule has 0 radical (unpaired) electrons. The summed E-state index contributed by atoms with van der Waals surface area (Å²) in [6.45, 7) is 4.47. The zero-order valence-corrected chi connectivity index (χ0v) is 11.3. The second-order valence-electron chi connectivity index (χ2n) is 4.47. The second kappa shape index (κ2) is 6.18. The summed E-state index contributed by atoms with van der Waals surface area (Å²) in [4.78, 5) is 11.8. The van der Waals surface area contributed by atoms with Gasteiger partial charge >= 0.3 is 0 Å². The fourth-order valence-corrected chi connectivity index (χ4v) is 1.87. The van der Waals surface area contributed by atoms with Crippen LogP contribution in [0.5, 0.6) is 0 Å². The molecule has 2 aromatic rings. The fraction of sp³-hybridized carbons (Fsp3) is 0.333. The van der Waals surface area contributed by atoms with Crippen LogP contribution in [0.2, 0.25) is 0 Å². The van der Waals surface area contributed by atoms with E-state index in [1.54, 1.807) is 6.92 Å². The molecule has 0 atom stereocenters. The van der Waals surface area contributed by atoms with Crippen LogP contribution in [0, 0.1) is 6.92 Å². The molecule has 0 saturated heterocycles. The Morgan fingerprint density at radius 2 is 1.95 bits per heavy atom. The summed E-state index contributed by atoms with van der Waals surface area (Å²) < 4.78 is 4.86. The Kier molecular flexibility index (Phi) is 4.34. The second-order valence-corrected chi connectivity index (χ2v) is 4.47. The average molecular weight is 258 g/mol. The van der Waals surface area contributed by atoms with E-state index in [2.05, 4.69) is 41.7 Å². The molecule has 0 fully saturated rings. The van der Waals surface area contributed by atoms with Gasteiger partial charge in [0, 0.05) is 6.54 Å².